The van der Waals surface area contributed by atoms with Crippen LogP contribution in [-0.2, 0) is 0 Å². The lowest BCUT2D eigenvalue weighted by atomic mass is 10.2. The van der Waals surface area contributed by atoms with Gasteiger partial charge in [-0.15, -0.1) is 0 Å². The van der Waals surface area contributed by atoms with Crippen LogP contribution in [0.2, 0.25) is 0 Å². The minimum absolute atomic E-state index is 0.542. The molecule has 0 atom stereocenters. The Bertz CT molecular complexity index is 643. The fraction of sp³-hybridized carbons (Fsp3) is 0.0769. The van der Waals surface area contributed by atoms with E-state index in [2.05, 4.69) is 20.1 Å². The molecule has 0 bridgehead atoms. The SMILES string of the molecule is Cc1ccc(-c2ccnn2-c2ncccn2)nc1. The molecular formula is C13H11N5. The van der Waals surface area contributed by atoms with E-state index in [1.165, 1.54) is 0 Å². The smallest absolute Gasteiger partial charge is 0.251 e. The molecule has 3 rings (SSSR count). The molecule has 3 aromatic rings. The Morgan fingerprint density at radius 1 is 0.944 bits per heavy atom. The summed E-state index contributed by atoms with van der Waals surface area (Å²) in [6.07, 6.45) is 6.93. The Balaban J connectivity index is 2.10. The third kappa shape index (κ3) is 1.86. The number of aryl methyl sites for hydroxylation is 1. The lowest BCUT2D eigenvalue weighted by molar-refractivity contribution is 0.812. The van der Waals surface area contributed by atoms with Crippen LogP contribution in [0, 0.1) is 6.92 Å². The predicted octanol–water partition coefficient (Wildman–Crippen LogP) is 2.03. The highest BCUT2D eigenvalue weighted by molar-refractivity contribution is 5.56. The van der Waals surface area contributed by atoms with Gasteiger partial charge >= 0.3 is 0 Å². The summed E-state index contributed by atoms with van der Waals surface area (Å²) in [6, 6.07) is 7.65. The Labute approximate surface area is 104 Å². The highest BCUT2D eigenvalue weighted by Gasteiger charge is 2.09. The van der Waals surface area contributed by atoms with Crippen LogP contribution in [0.5, 0.6) is 0 Å². The maximum atomic E-state index is 4.39. The van der Waals surface area contributed by atoms with Gasteiger partial charge in [0.15, 0.2) is 0 Å². The maximum Gasteiger partial charge on any atom is 0.251 e. The summed E-state index contributed by atoms with van der Waals surface area (Å²) in [7, 11) is 0. The van der Waals surface area contributed by atoms with Crippen LogP contribution in [0.25, 0.3) is 17.3 Å². The van der Waals surface area contributed by atoms with E-state index in [4.69, 9.17) is 0 Å². The molecule has 0 saturated carbocycles. The summed E-state index contributed by atoms with van der Waals surface area (Å²) in [5, 5.41) is 4.24. The van der Waals surface area contributed by atoms with Gasteiger partial charge in [-0.1, -0.05) is 6.07 Å². The second-order valence-corrected chi connectivity index (χ2v) is 3.90. The molecule has 0 saturated heterocycles. The van der Waals surface area contributed by atoms with Crippen molar-refractivity contribution in [2.75, 3.05) is 0 Å². The quantitative estimate of drug-likeness (QED) is 0.684. The van der Waals surface area contributed by atoms with Gasteiger partial charge in [0.25, 0.3) is 5.95 Å². The lowest BCUT2D eigenvalue weighted by Gasteiger charge is -2.04. The summed E-state index contributed by atoms with van der Waals surface area (Å²) in [5.41, 5.74) is 2.85. The topological polar surface area (TPSA) is 56.5 Å². The van der Waals surface area contributed by atoms with Gasteiger partial charge in [-0.3, -0.25) is 4.98 Å². The molecule has 0 spiro atoms. The number of hydrogen-bond donors (Lipinski definition) is 0. The zero-order valence-corrected chi connectivity index (χ0v) is 9.85. The van der Waals surface area contributed by atoms with E-state index >= 15 is 0 Å². The van der Waals surface area contributed by atoms with Crippen LogP contribution in [0.1, 0.15) is 5.56 Å². The van der Waals surface area contributed by atoms with Crippen LogP contribution >= 0.6 is 0 Å². The molecular weight excluding hydrogens is 226 g/mol. The van der Waals surface area contributed by atoms with E-state index in [0.29, 0.717) is 5.95 Å². The van der Waals surface area contributed by atoms with Crippen molar-refractivity contribution in [1.82, 2.24) is 24.7 Å². The van der Waals surface area contributed by atoms with Gasteiger partial charge < -0.3 is 0 Å². The fourth-order valence-corrected chi connectivity index (χ4v) is 1.68. The molecule has 0 N–H and O–H groups in total. The lowest BCUT2D eigenvalue weighted by Crippen LogP contribution is -2.04. The average molecular weight is 237 g/mol. The molecule has 3 aromatic heterocycles. The van der Waals surface area contributed by atoms with E-state index in [1.54, 1.807) is 29.3 Å². The minimum Gasteiger partial charge on any atom is -0.254 e. The number of pyridine rings is 1. The van der Waals surface area contributed by atoms with Crippen molar-refractivity contribution in [1.29, 1.82) is 0 Å². The van der Waals surface area contributed by atoms with Gasteiger partial charge in [-0.05, 0) is 30.7 Å². The first-order chi connectivity index (χ1) is 8.84. The van der Waals surface area contributed by atoms with Crippen molar-refractivity contribution < 1.29 is 0 Å². The van der Waals surface area contributed by atoms with Gasteiger partial charge in [0.05, 0.1) is 17.6 Å². The average Bonchev–Trinajstić information content (AvgIpc) is 2.90. The van der Waals surface area contributed by atoms with Crippen LogP contribution in [0.15, 0.2) is 49.1 Å². The largest absolute Gasteiger partial charge is 0.254 e. The zero-order valence-electron chi connectivity index (χ0n) is 9.85. The van der Waals surface area contributed by atoms with Crippen LogP contribution < -0.4 is 0 Å². The predicted molar refractivity (Wildman–Crippen MR) is 67.1 cm³/mol. The van der Waals surface area contributed by atoms with Crippen LogP contribution in [0.3, 0.4) is 0 Å². The summed E-state index contributed by atoms with van der Waals surface area (Å²) < 4.78 is 1.68. The zero-order chi connectivity index (χ0) is 12.4. The Kier molecular flexibility index (Phi) is 2.57. The number of nitrogens with zero attached hydrogens (tertiary/aromatic N) is 5. The molecule has 0 fully saturated rings. The van der Waals surface area contributed by atoms with Crippen LogP contribution in [-0.4, -0.2) is 24.7 Å². The first-order valence-corrected chi connectivity index (χ1v) is 5.59. The van der Waals surface area contributed by atoms with E-state index < -0.39 is 0 Å². The summed E-state index contributed by atoms with van der Waals surface area (Å²) >= 11 is 0. The van der Waals surface area contributed by atoms with Crippen molar-refractivity contribution >= 4 is 0 Å². The summed E-state index contributed by atoms with van der Waals surface area (Å²) in [5.74, 6) is 0.542. The highest BCUT2D eigenvalue weighted by Crippen LogP contribution is 2.18. The first-order valence-electron chi connectivity index (χ1n) is 5.59. The normalized spacial score (nSPS) is 10.5. The summed E-state index contributed by atoms with van der Waals surface area (Å²) in [6.45, 7) is 2.01. The molecule has 0 unspecified atom stereocenters. The van der Waals surface area contributed by atoms with Crippen molar-refractivity contribution in [2.45, 2.75) is 6.92 Å². The molecule has 5 heteroatoms. The van der Waals surface area contributed by atoms with E-state index in [1.807, 2.05) is 31.3 Å². The minimum atomic E-state index is 0.542. The van der Waals surface area contributed by atoms with Gasteiger partial charge in [0.2, 0.25) is 0 Å². The number of aromatic nitrogens is 5. The standard InChI is InChI=1S/C13H11N5/c1-10-3-4-11(16-9-10)12-5-8-17-18(12)13-14-6-2-7-15-13/h2-9H,1H3. The highest BCUT2D eigenvalue weighted by atomic mass is 15.3. The molecule has 88 valence electrons. The molecule has 0 amide bonds. The Hall–Kier alpha value is -2.56. The van der Waals surface area contributed by atoms with E-state index in [0.717, 1.165) is 17.0 Å². The van der Waals surface area contributed by atoms with Crippen LogP contribution in [0.4, 0.5) is 0 Å². The van der Waals surface area contributed by atoms with Crippen molar-refractivity contribution in [2.24, 2.45) is 0 Å². The van der Waals surface area contributed by atoms with E-state index in [9.17, 15) is 0 Å². The van der Waals surface area contributed by atoms with Crippen molar-refractivity contribution in [3.8, 4) is 17.3 Å². The molecule has 0 aliphatic heterocycles. The molecule has 0 radical (unpaired) electrons. The molecule has 0 aliphatic carbocycles. The first kappa shape index (κ1) is 10.6. The molecule has 0 aliphatic rings. The Morgan fingerprint density at radius 2 is 1.78 bits per heavy atom. The summed E-state index contributed by atoms with van der Waals surface area (Å²) in [4.78, 5) is 12.8. The Morgan fingerprint density at radius 3 is 2.50 bits per heavy atom. The van der Waals surface area contributed by atoms with Gasteiger partial charge in [-0.2, -0.15) is 9.78 Å². The third-order valence-electron chi connectivity index (χ3n) is 2.56. The molecule has 0 aromatic carbocycles. The second-order valence-electron chi connectivity index (χ2n) is 3.90. The van der Waals surface area contributed by atoms with Crippen molar-refractivity contribution in [3.63, 3.8) is 0 Å². The van der Waals surface area contributed by atoms with Gasteiger partial charge in [-0.25, -0.2) is 9.97 Å². The molecule has 5 nitrogen and oxygen atoms in total. The number of hydrogen-bond acceptors (Lipinski definition) is 4. The maximum absolute atomic E-state index is 4.39. The van der Waals surface area contributed by atoms with Gasteiger partial charge in [0, 0.05) is 18.6 Å². The fourth-order valence-electron chi connectivity index (χ4n) is 1.68. The molecule has 18 heavy (non-hydrogen) atoms. The van der Waals surface area contributed by atoms with E-state index in [-0.39, 0.29) is 0 Å². The number of rotatable bonds is 2. The second kappa shape index (κ2) is 4.37. The van der Waals surface area contributed by atoms with Crippen molar-refractivity contribution in [3.05, 3.63) is 54.6 Å². The molecule has 3 heterocycles. The van der Waals surface area contributed by atoms with Gasteiger partial charge in [0.1, 0.15) is 0 Å². The third-order valence-corrected chi connectivity index (χ3v) is 2.56. The monoisotopic (exact) mass is 237 g/mol.